The maximum atomic E-state index is 14.0. The molecule has 7 heteroatoms. The van der Waals surface area contributed by atoms with Crippen LogP contribution in [-0.2, 0) is 13.0 Å². The Morgan fingerprint density at radius 3 is 2.83 bits per heavy atom. The van der Waals surface area contributed by atoms with Crippen molar-refractivity contribution in [1.29, 1.82) is 0 Å². The van der Waals surface area contributed by atoms with Crippen molar-refractivity contribution in [2.75, 3.05) is 0 Å². The number of fused-ring (bicyclic) bond motifs is 1. The number of hydrogen-bond donors (Lipinski definition) is 1. The molecule has 0 amide bonds. The summed E-state index contributed by atoms with van der Waals surface area (Å²) in [6.45, 7) is 2.30. The minimum atomic E-state index is -0.259. The van der Waals surface area contributed by atoms with Gasteiger partial charge in [-0.1, -0.05) is 25.1 Å². The first kappa shape index (κ1) is 14.5. The highest BCUT2D eigenvalue weighted by atomic mass is 19.1. The van der Waals surface area contributed by atoms with Crippen LogP contribution in [0.15, 0.2) is 42.6 Å². The summed E-state index contributed by atoms with van der Waals surface area (Å²) >= 11 is 0. The van der Waals surface area contributed by atoms with Crippen molar-refractivity contribution < 1.29 is 4.39 Å². The summed E-state index contributed by atoms with van der Waals surface area (Å²) in [5, 5.41) is 12.6. The molecule has 0 aliphatic carbocycles. The van der Waals surface area contributed by atoms with Crippen LogP contribution in [0.5, 0.6) is 0 Å². The maximum absolute atomic E-state index is 14.0. The molecule has 120 valence electrons. The Morgan fingerprint density at radius 2 is 2.04 bits per heavy atom. The highest BCUT2D eigenvalue weighted by Gasteiger charge is 2.17. The number of H-pyrrole nitrogens is 1. The summed E-state index contributed by atoms with van der Waals surface area (Å²) in [6, 6.07) is 10.4. The molecule has 0 fully saturated rings. The van der Waals surface area contributed by atoms with E-state index < -0.39 is 0 Å². The van der Waals surface area contributed by atoms with Gasteiger partial charge in [-0.15, -0.1) is 0 Å². The van der Waals surface area contributed by atoms with E-state index in [1.807, 2.05) is 19.1 Å². The Morgan fingerprint density at radius 1 is 1.17 bits per heavy atom. The van der Waals surface area contributed by atoms with Gasteiger partial charge in [0, 0.05) is 18.2 Å². The zero-order valence-electron chi connectivity index (χ0n) is 13.1. The number of halogens is 1. The Bertz CT molecular complexity index is 1000. The number of nitrogens with one attached hydrogen (secondary N) is 1. The number of benzene rings is 1. The van der Waals surface area contributed by atoms with E-state index in [-0.39, 0.29) is 5.82 Å². The monoisotopic (exact) mass is 322 g/mol. The lowest BCUT2D eigenvalue weighted by Crippen LogP contribution is -2.04. The standard InChI is InChI=1S/C17H15FN6/c1-2-14-20-16(22-21-14)15-12-7-5-9-19-17(12)24(23-15)10-11-6-3-4-8-13(11)18/h3-9H,2,10H2,1H3,(H,20,21,22). The summed E-state index contributed by atoms with van der Waals surface area (Å²) in [5.41, 5.74) is 1.88. The summed E-state index contributed by atoms with van der Waals surface area (Å²) in [4.78, 5) is 8.84. The van der Waals surface area contributed by atoms with Gasteiger partial charge in [0.05, 0.1) is 11.9 Å². The molecule has 1 aromatic carbocycles. The Labute approximate surface area is 137 Å². The van der Waals surface area contributed by atoms with E-state index in [2.05, 4.69) is 25.3 Å². The fourth-order valence-corrected chi connectivity index (χ4v) is 2.63. The van der Waals surface area contributed by atoms with Crippen molar-refractivity contribution in [1.82, 2.24) is 29.9 Å². The quantitative estimate of drug-likeness (QED) is 0.627. The van der Waals surface area contributed by atoms with Crippen LogP contribution < -0.4 is 0 Å². The van der Waals surface area contributed by atoms with Crippen LogP contribution in [0.2, 0.25) is 0 Å². The second-order valence-corrected chi connectivity index (χ2v) is 5.43. The van der Waals surface area contributed by atoms with Gasteiger partial charge in [0.25, 0.3) is 0 Å². The highest BCUT2D eigenvalue weighted by molar-refractivity contribution is 5.89. The molecule has 0 radical (unpaired) electrons. The second-order valence-electron chi connectivity index (χ2n) is 5.43. The number of rotatable bonds is 4. The lowest BCUT2D eigenvalue weighted by molar-refractivity contribution is 0.589. The molecule has 0 saturated carbocycles. The third-order valence-electron chi connectivity index (χ3n) is 3.86. The fraction of sp³-hybridized carbons (Fsp3) is 0.176. The predicted molar refractivity (Wildman–Crippen MR) is 87.8 cm³/mol. The van der Waals surface area contributed by atoms with E-state index in [0.717, 1.165) is 17.6 Å². The fourth-order valence-electron chi connectivity index (χ4n) is 2.63. The van der Waals surface area contributed by atoms with Crippen molar-refractivity contribution in [3.05, 3.63) is 59.8 Å². The number of aromatic nitrogens is 6. The summed E-state index contributed by atoms with van der Waals surface area (Å²) in [6.07, 6.45) is 2.46. The van der Waals surface area contributed by atoms with Crippen molar-refractivity contribution in [3.63, 3.8) is 0 Å². The highest BCUT2D eigenvalue weighted by Crippen LogP contribution is 2.25. The number of nitrogens with zero attached hydrogens (tertiary/aromatic N) is 5. The lowest BCUT2D eigenvalue weighted by atomic mass is 10.2. The maximum Gasteiger partial charge on any atom is 0.202 e. The van der Waals surface area contributed by atoms with Crippen molar-refractivity contribution in [3.8, 4) is 11.5 Å². The third kappa shape index (κ3) is 2.44. The third-order valence-corrected chi connectivity index (χ3v) is 3.86. The van der Waals surface area contributed by atoms with Crippen molar-refractivity contribution in [2.24, 2.45) is 0 Å². The number of aromatic amines is 1. The molecular weight excluding hydrogens is 307 g/mol. The molecule has 0 bridgehead atoms. The molecule has 3 aromatic heterocycles. The van der Waals surface area contributed by atoms with Gasteiger partial charge in [0.15, 0.2) is 5.65 Å². The molecule has 4 aromatic rings. The van der Waals surface area contributed by atoms with E-state index in [4.69, 9.17) is 0 Å². The van der Waals surface area contributed by atoms with Crippen LogP contribution >= 0.6 is 0 Å². The van der Waals surface area contributed by atoms with Crippen LogP contribution in [0.25, 0.3) is 22.6 Å². The Hall–Kier alpha value is -3.09. The van der Waals surface area contributed by atoms with Gasteiger partial charge in [-0.25, -0.2) is 19.0 Å². The van der Waals surface area contributed by atoms with Crippen LogP contribution in [0.1, 0.15) is 18.3 Å². The largest absolute Gasteiger partial charge is 0.263 e. The Kier molecular flexibility index (Phi) is 3.53. The average molecular weight is 322 g/mol. The van der Waals surface area contributed by atoms with Crippen LogP contribution in [0.3, 0.4) is 0 Å². The van der Waals surface area contributed by atoms with E-state index in [0.29, 0.717) is 29.3 Å². The van der Waals surface area contributed by atoms with Crippen LogP contribution in [0, 0.1) is 5.82 Å². The molecule has 0 spiro atoms. The summed E-state index contributed by atoms with van der Waals surface area (Å²) in [5.74, 6) is 1.06. The second kappa shape index (κ2) is 5.84. The van der Waals surface area contributed by atoms with Crippen molar-refractivity contribution >= 4 is 11.0 Å². The molecule has 0 atom stereocenters. The molecule has 0 saturated heterocycles. The first-order valence-corrected chi connectivity index (χ1v) is 7.73. The molecule has 3 heterocycles. The molecule has 1 N–H and O–H groups in total. The number of aryl methyl sites for hydroxylation is 1. The molecule has 0 aliphatic rings. The zero-order valence-corrected chi connectivity index (χ0v) is 13.1. The lowest BCUT2D eigenvalue weighted by Gasteiger charge is -2.04. The van der Waals surface area contributed by atoms with E-state index in [1.54, 1.807) is 29.1 Å². The van der Waals surface area contributed by atoms with Gasteiger partial charge in [-0.2, -0.15) is 10.2 Å². The number of hydrogen-bond acceptors (Lipinski definition) is 4. The van der Waals surface area contributed by atoms with Crippen molar-refractivity contribution in [2.45, 2.75) is 19.9 Å². The molecule has 24 heavy (non-hydrogen) atoms. The minimum absolute atomic E-state index is 0.259. The zero-order chi connectivity index (χ0) is 16.5. The summed E-state index contributed by atoms with van der Waals surface area (Å²) < 4.78 is 15.6. The van der Waals surface area contributed by atoms with Gasteiger partial charge >= 0.3 is 0 Å². The Balaban J connectivity index is 1.83. The first-order chi connectivity index (χ1) is 11.8. The van der Waals surface area contributed by atoms with Crippen LogP contribution in [0.4, 0.5) is 4.39 Å². The van der Waals surface area contributed by atoms with Crippen LogP contribution in [-0.4, -0.2) is 29.9 Å². The summed E-state index contributed by atoms with van der Waals surface area (Å²) in [7, 11) is 0. The van der Waals surface area contributed by atoms with E-state index in [9.17, 15) is 4.39 Å². The molecule has 0 aliphatic heterocycles. The normalized spacial score (nSPS) is 11.2. The van der Waals surface area contributed by atoms with Gasteiger partial charge in [-0.3, -0.25) is 5.10 Å². The molecular formula is C17H15FN6. The molecule has 6 nitrogen and oxygen atoms in total. The van der Waals surface area contributed by atoms with E-state index in [1.165, 1.54) is 6.07 Å². The average Bonchev–Trinajstić information content (AvgIpc) is 3.22. The first-order valence-electron chi connectivity index (χ1n) is 7.73. The predicted octanol–water partition coefficient (Wildman–Crippen LogP) is 2.97. The smallest absolute Gasteiger partial charge is 0.202 e. The molecule has 0 unspecified atom stereocenters. The number of pyridine rings is 1. The van der Waals surface area contributed by atoms with Gasteiger partial charge in [0.2, 0.25) is 5.82 Å². The van der Waals surface area contributed by atoms with Gasteiger partial charge < -0.3 is 0 Å². The van der Waals surface area contributed by atoms with Gasteiger partial charge in [-0.05, 0) is 18.2 Å². The topological polar surface area (TPSA) is 72.3 Å². The van der Waals surface area contributed by atoms with Gasteiger partial charge in [0.1, 0.15) is 17.3 Å². The molecule has 4 rings (SSSR count). The SMILES string of the molecule is CCc1nc(-c2nn(Cc3ccccc3F)c3ncccc23)n[nH]1. The van der Waals surface area contributed by atoms with E-state index >= 15 is 0 Å². The minimum Gasteiger partial charge on any atom is -0.263 e.